The molecule has 1 saturated heterocycles. The monoisotopic (exact) mass is 274 g/mol. The van der Waals surface area contributed by atoms with Crippen LogP contribution < -0.4 is 5.56 Å². The van der Waals surface area contributed by atoms with Crippen LogP contribution >= 0.6 is 0 Å². The summed E-state index contributed by atoms with van der Waals surface area (Å²) in [5, 5.41) is 0. The number of hydrogen-bond donors (Lipinski definition) is 1. The van der Waals surface area contributed by atoms with Crippen molar-refractivity contribution in [3.05, 3.63) is 33.7 Å². The second-order valence-corrected chi connectivity index (χ2v) is 6.30. The van der Waals surface area contributed by atoms with E-state index in [0.717, 1.165) is 18.4 Å². The molecule has 0 radical (unpaired) electrons. The molecule has 1 amide bonds. The molecule has 2 aliphatic rings. The fraction of sp³-hybridized carbons (Fsp3) is 0.625. The number of nitrogens with zero attached hydrogens (tertiary/aromatic N) is 1. The first-order valence-corrected chi connectivity index (χ1v) is 7.60. The topological polar surface area (TPSA) is 53.2 Å². The normalized spacial score (nSPS) is 29.3. The highest BCUT2D eigenvalue weighted by molar-refractivity contribution is 5.96. The van der Waals surface area contributed by atoms with Crippen LogP contribution in [0.4, 0.5) is 0 Å². The lowest BCUT2D eigenvalue weighted by molar-refractivity contribution is 0.0632. The minimum Gasteiger partial charge on any atom is -0.333 e. The van der Waals surface area contributed by atoms with Gasteiger partial charge >= 0.3 is 0 Å². The minimum absolute atomic E-state index is 0.0839. The Balaban J connectivity index is 1.91. The molecule has 3 unspecified atom stereocenters. The van der Waals surface area contributed by atoms with Crippen LogP contribution in [0.15, 0.2) is 17.1 Å². The van der Waals surface area contributed by atoms with E-state index in [-0.39, 0.29) is 11.5 Å². The standard InChI is InChI=1S/C16H22N2O2/c1-10-7-15(19)17-9-13(10)16(20)18-11(2)8-12-5-3-4-6-14(12)18/h7,9,11-12,14H,3-6,8H2,1-2H3,(H,17,19). The summed E-state index contributed by atoms with van der Waals surface area (Å²) >= 11 is 0. The SMILES string of the molecule is Cc1cc(=O)[nH]cc1C(=O)N1C(C)CC2CCCCC21. The van der Waals surface area contributed by atoms with Crippen molar-refractivity contribution in [1.29, 1.82) is 0 Å². The van der Waals surface area contributed by atoms with Crippen LogP contribution in [0.5, 0.6) is 0 Å². The van der Waals surface area contributed by atoms with E-state index in [1.165, 1.54) is 25.3 Å². The number of aryl methyl sites for hydroxylation is 1. The first-order chi connectivity index (χ1) is 9.58. The maximum atomic E-state index is 12.8. The summed E-state index contributed by atoms with van der Waals surface area (Å²) in [5.74, 6) is 0.756. The van der Waals surface area contributed by atoms with E-state index in [1.54, 1.807) is 6.20 Å². The number of hydrogen-bond acceptors (Lipinski definition) is 2. The molecule has 1 N–H and O–H groups in total. The summed E-state index contributed by atoms with van der Waals surface area (Å²) in [7, 11) is 0. The van der Waals surface area contributed by atoms with E-state index in [9.17, 15) is 9.59 Å². The van der Waals surface area contributed by atoms with E-state index >= 15 is 0 Å². The third-order valence-corrected chi connectivity index (χ3v) is 4.94. The lowest BCUT2D eigenvalue weighted by Crippen LogP contribution is -2.42. The summed E-state index contributed by atoms with van der Waals surface area (Å²) in [6.45, 7) is 3.98. The molecule has 1 aliphatic heterocycles. The maximum Gasteiger partial charge on any atom is 0.256 e. The van der Waals surface area contributed by atoms with Crippen molar-refractivity contribution in [3.8, 4) is 0 Å². The number of aromatic nitrogens is 1. The van der Waals surface area contributed by atoms with Crippen molar-refractivity contribution >= 4 is 5.91 Å². The van der Waals surface area contributed by atoms with Crippen molar-refractivity contribution in [2.45, 2.75) is 58.0 Å². The third kappa shape index (κ3) is 2.17. The molecule has 1 saturated carbocycles. The Hall–Kier alpha value is -1.58. The number of nitrogens with one attached hydrogen (secondary N) is 1. The molecular formula is C16H22N2O2. The van der Waals surface area contributed by atoms with Crippen LogP contribution in [0.25, 0.3) is 0 Å². The van der Waals surface area contributed by atoms with Gasteiger partial charge in [-0.25, -0.2) is 0 Å². The second-order valence-electron chi connectivity index (χ2n) is 6.30. The van der Waals surface area contributed by atoms with Gasteiger partial charge in [0.1, 0.15) is 0 Å². The second kappa shape index (κ2) is 5.08. The first kappa shape index (κ1) is 13.4. The lowest BCUT2D eigenvalue weighted by Gasteiger charge is -2.33. The van der Waals surface area contributed by atoms with Gasteiger partial charge in [-0.3, -0.25) is 9.59 Å². The molecule has 1 aromatic rings. The van der Waals surface area contributed by atoms with Gasteiger partial charge in [-0.05, 0) is 44.6 Å². The van der Waals surface area contributed by atoms with E-state index in [4.69, 9.17) is 0 Å². The van der Waals surface area contributed by atoms with Gasteiger partial charge in [-0.2, -0.15) is 0 Å². The van der Waals surface area contributed by atoms with Gasteiger partial charge in [0.15, 0.2) is 0 Å². The molecule has 108 valence electrons. The Morgan fingerprint density at radius 3 is 2.85 bits per heavy atom. The Kier molecular flexibility index (Phi) is 3.40. The van der Waals surface area contributed by atoms with Gasteiger partial charge in [-0.15, -0.1) is 0 Å². The Morgan fingerprint density at radius 2 is 2.10 bits per heavy atom. The smallest absolute Gasteiger partial charge is 0.256 e. The van der Waals surface area contributed by atoms with Crippen LogP contribution in [-0.2, 0) is 0 Å². The number of H-pyrrole nitrogens is 1. The van der Waals surface area contributed by atoms with Gasteiger partial charge in [0.2, 0.25) is 5.56 Å². The number of carbonyl (C=O) groups excluding carboxylic acids is 1. The van der Waals surface area contributed by atoms with Crippen LogP contribution in [0.3, 0.4) is 0 Å². The molecule has 2 heterocycles. The van der Waals surface area contributed by atoms with Crippen LogP contribution in [-0.4, -0.2) is 27.9 Å². The summed E-state index contributed by atoms with van der Waals surface area (Å²) in [6, 6.07) is 2.21. The van der Waals surface area contributed by atoms with Crippen molar-refractivity contribution in [2.24, 2.45) is 5.92 Å². The molecular weight excluding hydrogens is 252 g/mol. The van der Waals surface area contributed by atoms with E-state index < -0.39 is 0 Å². The summed E-state index contributed by atoms with van der Waals surface area (Å²) in [5.41, 5.74) is 1.26. The van der Waals surface area contributed by atoms with Crippen molar-refractivity contribution < 1.29 is 4.79 Å². The van der Waals surface area contributed by atoms with Gasteiger partial charge < -0.3 is 9.88 Å². The minimum atomic E-state index is -0.149. The van der Waals surface area contributed by atoms with Crippen LogP contribution in [0.1, 0.15) is 54.9 Å². The van der Waals surface area contributed by atoms with Crippen molar-refractivity contribution in [2.75, 3.05) is 0 Å². The molecule has 0 bridgehead atoms. The van der Waals surface area contributed by atoms with Gasteiger partial charge in [-0.1, -0.05) is 12.8 Å². The number of amides is 1. The average molecular weight is 274 g/mol. The molecule has 1 aromatic heterocycles. The van der Waals surface area contributed by atoms with Crippen molar-refractivity contribution in [1.82, 2.24) is 9.88 Å². The molecule has 3 atom stereocenters. The molecule has 0 aromatic carbocycles. The fourth-order valence-corrected chi connectivity index (χ4v) is 4.00. The molecule has 4 heteroatoms. The van der Waals surface area contributed by atoms with E-state index in [1.807, 2.05) is 6.92 Å². The molecule has 20 heavy (non-hydrogen) atoms. The summed E-state index contributed by atoms with van der Waals surface area (Å²) in [6.07, 6.45) is 7.60. The highest BCUT2D eigenvalue weighted by atomic mass is 16.2. The highest BCUT2D eigenvalue weighted by Crippen LogP contribution is 2.40. The number of likely N-dealkylation sites (tertiary alicyclic amines) is 1. The first-order valence-electron chi connectivity index (χ1n) is 7.60. The number of pyridine rings is 1. The molecule has 1 aliphatic carbocycles. The molecule has 3 rings (SSSR count). The zero-order valence-electron chi connectivity index (χ0n) is 12.2. The van der Waals surface area contributed by atoms with Gasteiger partial charge in [0.25, 0.3) is 5.91 Å². The lowest BCUT2D eigenvalue weighted by atomic mass is 9.85. The van der Waals surface area contributed by atoms with Crippen LogP contribution in [0.2, 0.25) is 0 Å². The van der Waals surface area contributed by atoms with Gasteiger partial charge in [0.05, 0.1) is 5.56 Å². The fourth-order valence-electron chi connectivity index (χ4n) is 4.00. The maximum absolute atomic E-state index is 12.8. The third-order valence-electron chi connectivity index (χ3n) is 4.94. The molecule has 2 fully saturated rings. The molecule has 0 spiro atoms. The zero-order chi connectivity index (χ0) is 14.3. The van der Waals surface area contributed by atoms with Crippen LogP contribution in [0, 0.1) is 12.8 Å². The van der Waals surface area contributed by atoms with E-state index in [2.05, 4.69) is 16.8 Å². The molecule has 4 nitrogen and oxygen atoms in total. The predicted octanol–water partition coefficient (Wildman–Crippen LogP) is 2.48. The largest absolute Gasteiger partial charge is 0.333 e. The quantitative estimate of drug-likeness (QED) is 0.855. The average Bonchev–Trinajstić information content (AvgIpc) is 2.73. The van der Waals surface area contributed by atoms with Gasteiger partial charge in [0, 0.05) is 24.3 Å². The number of carbonyl (C=O) groups is 1. The Labute approximate surface area is 119 Å². The Morgan fingerprint density at radius 1 is 1.35 bits per heavy atom. The predicted molar refractivity (Wildman–Crippen MR) is 77.8 cm³/mol. The summed E-state index contributed by atoms with van der Waals surface area (Å²) < 4.78 is 0. The number of fused-ring (bicyclic) bond motifs is 1. The van der Waals surface area contributed by atoms with Crippen molar-refractivity contribution in [3.63, 3.8) is 0 Å². The summed E-state index contributed by atoms with van der Waals surface area (Å²) in [4.78, 5) is 28.8. The van der Waals surface area contributed by atoms with E-state index in [0.29, 0.717) is 23.6 Å². The highest BCUT2D eigenvalue weighted by Gasteiger charge is 2.42. The zero-order valence-corrected chi connectivity index (χ0v) is 12.2. The Bertz CT molecular complexity index is 578. The number of aromatic amines is 1. The number of rotatable bonds is 1.